The summed E-state index contributed by atoms with van der Waals surface area (Å²) in [6.07, 6.45) is 0.666. The van der Waals surface area contributed by atoms with Crippen LogP contribution < -0.4 is 5.32 Å². The molecule has 1 aromatic heterocycles. The lowest BCUT2D eigenvalue weighted by atomic mass is 10.0. The Morgan fingerprint density at radius 3 is 2.69 bits per heavy atom. The van der Waals surface area contributed by atoms with E-state index in [1.54, 1.807) is 11.3 Å². The van der Waals surface area contributed by atoms with Crippen LogP contribution in [0.3, 0.4) is 0 Å². The van der Waals surface area contributed by atoms with Crippen LogP contribution in [-0.4, -0.2) is 17.1 Å². The summed E-state index contributed by atoms with van der Waals surface area (Å²) in [6, 6.07) is 1.61. The SMILES string of the molecule is Cc1ccsc1CNC(CC(C)C)C(=O)O. The molecule has 0 saturated carbocycles. The van der Waals surface area contributed by atoms with Crippen LogP contribution in [0, 0.1) is 12.8 Å². The number of hydrogen-bond donors (Lipinski definition) is 2. The number of thiophene rings is 1. The lowest BCUT2D eigenvalue weighted by Gasteiger charge is -2.16. The maximum atomic E-state index is 11.0. The normalized spacial score (nSPS) is 13.0. The van der Waals surface area contributed by atoms with Crippen molar-refractivity contribution in [1.82, 2.24) is 5.32 Å². The van der Waals surface area contributed by atoms with Crippen LogP contribution in [0.15, 0.2) is 11.4 Å². The quantitative estimate of drug-likeness (QED) is 0.805. The summed E-state index contributed by atoms with van der Waals surface area (Å²) < 4.78 is 0. The number of nitrogens with one attached hydrogen (secondary N) is 1. The van der Waals surface area contributed by atoms with Gasteiger partial charge in [0.05, 0.1) is 0 Å². The molecule has 0 aromatic carbocycles. The highest BCUT2D eigenvalue weighted by Gasteiger charge is 2.18. The minimum Gasteiger partial charge on any atom is -0.480 e. The second-order valence-electron chi connectivity index (χ2n) is 4.43. The van der Waals surface area contributed by atoms with Gasteiger partial charge >= 0.3 is 5.97 Å². The summed E-state index contributed by atoms with van der Waals surface area (Å²) in [7, 11) is 0. The van der Waals surface area contributed by atoms with Crippen LogP contribution in [0.1, 0.15) is 30.7 Å². The molecule has 1 rings (SSSR count). The number of aliphatic carboxylic acids is 1. The van der Waals surface area contributed by atoms with Gasteiger partial charge in [0.25, 0.3) is 0 Å². The molecule has 1 heterocycles. The molecule has 0 spiro atoms. The Morgan fingerprint density at radius 1 is 1.56 bits per heavy atom. The zero-order chi connectivity index (χ0) is 12.1. The van der Waals surface area contributed by atoms with Crippen LogP contribution in [0.25, 0.3) is 0 Å². The zero-order valence-corrected chi connectivity index (χ0v) is 10.8. The summed E-state index contributed by atoms with van der Waals surface area (Å²) in [5.74, 6) is -0.374. The molecule has 0 bridgehead atoms. The summed E-state index contributed by atoms with van der Waals surface area (Å²) in [5, 5.41) is 14.2. The first kappa shape index (κ1) is 13.2. The molecule has 2 N–H and O–H groups in total. The Hall–Kier alpha value is -0.870. The fourth-order valence-corrected chi connectivity index (χ4v) is 2.40. The van der Waals surface area contributed by atoms with Crippen LogP contribution in [-0.2, 0) is 11.3 Å². The molecule has 4 heteroatoms. The molecule has 3 nitrogen and oxygen atoms in total. The molecule has 0 fully saturated rings. The predicted octanol–water partition coefficient (Wildman–Crippen LogP) is 2.65. The molecular weight excluding hydrogens is 222 g/mol. The topological polar surface area (TPSA) is 49.3 Å². The van der Waals surface area contributed by atoms with Crippen LogP contribution in [0.2, 0.25) is 0 Å². The third-order valence-electron chi connectivity index (χ3n) is 2.48. The Labute approximate surface area is 100 Å². The standard InChI is InChI=1S/C12H19NO2S/c1-8(2)6-10(12(14)15)13-7-11-9(3)4-5-16-11/h4-5,8,10,13H,6-7H2,1-3H3,(H,14,15). The first-order chi connectivity index (χ1) is 7.50. The van der Waals surface area contributed by atoms with E-state index in [9.17, 15) is 4.79 Å². The van der Waals surface area contributed by atoms with Gasteiger partial charge in [0.1, 0.15) is 6.04 Å². The Balaban J connectivity index is 2.50. The molecule has 0 amide bonds. The predicted molar refractivity (Wildman–Crippen MR) is 66.8 cm³/mol. The summed E-state index contributed by atoms with van der Waals surface area (Å²) in [6.45, 7) is 6.76. The maximum absolute atomic E-state index is 11.0. The van der Waals surface area contributed by atoms with E-state index >= 15 is 0 Å². The smallest absolute Gasteiger partial charge is 0.320 e. The second-order valence-corrected chi connectivity index (χ2v) is 5.43. The van der Waals surface area contributed by atoms with Crippen molar-refractivity contribution in [2.75, 3.05) is 0 Å². The third kappa shape index (κ3) is 3.94. The number of carboxylic acid groups (broad SMARTS) is 1. The van der Waals surface area contributed by atoms with E-state index in [-0.39, 0.29) is 0 Å². The fraction of sp³-hybridized carbons (Fsp3) is 0.583. The number of carbonyl (C=O) groups is 1. The van der Waals surface area contributed by atoms with E-state index in [1.807, 2.05) is 26.2 Å². The summed E-state index contributed by atoms with van der Waals surface area (Å²) >= 11 is 1.67. The lowest BCUT2D eigenvalue weighted by molar-refractivity contribution is -0.140. The minimum atomic E-state index is -0.761. The van der Waals surface area contributed by atoms with E-state index in [1.165, 1.54) is 10.4 Å². The van der Waals surface area contributed by atoms with Crippen molar-refractivity contribution in [3.63, 3.8) is 0 Å². The molecule has 0 saturated heterocycles. The number of rotatable bonds is 6. The second kappa shape index (κ2) is 6.01. The van der Waals surface area contributed by atoms with E-state index in [0.717, 1.165) is 0 Å². The van der Waals surface area contributed by atoms with Crippen LogP contribution in [0.5, 0.6) is 0 Å². The van der Waals surface area contributed by atoms with Gasteiger partial charge < -0.3 is 5.11 Å². The molecule has 0 aliphatic rings. The van der Waals surface area contributed by atoms with Gasteiger partial charge in [-0.3, -0.25) is 10.1 Å². The van der Waals surface area contributed by atoms with Crippen molar-refractivity contribution in [3.05, 3.63) is 21.9 Å². The lowest BCUT2D eigenvalue weighted by Crippen LogP contribution is -2.37. The zero-order valence-electron chi connectivity index (χ0n) is 9.99. The van der Waals surface area contributed by atoms with Crippen molar-refractivity contribution >= 4 is 17.3 Å². The Kier molecular flexibility index (Phi) is 4.96. The average Bonchev–Trinajstić information content (AvgIpc) is 2.57. The largest absolute Gasteiger partial charge is 0.480 e. The first-order valence-corrected chi connectivity index (χ1v) is 6.37. The fourth-order valence-electron chi connectivity index (χ4n) is 1.54. The molecule has 0 radical (unpaired) electrons. The molecular formula is C12H19NO2S. The van der Waals surface area contributed by atoms with Gasteiger partial charge in [-0.2, -0.15) is 0 Å². The van der Waals surface area contributed by atoms with Gasteiger partial charge in [0.2, 0.25) is 0 Å². The Bertz CT molecular complexity index is 347. The van der Waals surface area contributed by atoms with Crippen molar-refractivity contribution in [2.45, 2.75) is 39.8 Å². The highest BCUT2D eigenvalue weighted by molar-refractivity contribution is 7.10. The highest BCUT2D eigenvalue weighted by atomic mass is 32.1. The van der Waals surface area contributed by atoms with Gasteiger partial charge in [-0.25, -0.2) is 0 Å². The van der Waals surface area contributed by atoms with Gasteiger partial charge in [0.15, 0.2) is 0 Å². The van der Waals surface area contributed by atoms with Crippen molar-refractivity contribution in [2.24, 2.45) is 5.92 Å². The van der Waals surface area contributed by atoms with Gasteiger partial charge in [-0.05, 0) is 36.3 Å². The number of hydrogen-bond acceptors (Lipinski definition) is 3. The number of aryl methyl sites for hydroxylation is 1. The van der Waals surface area contributed by atoms with E-state index in [0.29, 0.717) is 18.9 Å². The molecule has 16 heavy (non-hydrogen) atoms. The minimum absolute atomic E-state index is 0.387. The van der Waals surface area contributed by atoms with E-state index in [4.69, 9.17) is 5.11 Å². The van der Waals surface area contributed by atoms with E-state index in [2.05, 4.69) is 11.4 Å². The van der Waals surface area contributed by atoms with Gasteiger partial charge in [-0.15, -0.1) is 11.3 Å². The monoisotopic (exact) mass is 241 g/mol. The molecule has 0 aliphatic heterocycles. The summed E-state index contributed by atoms with van der Waals surface area (Å²) in [5.41, 5.74) is 1.23. The van der Waals surface area contributed by atoms with Gasteiger partial charge in [-0.1, -0.05) is 13.8 Å². The maximum Gasteiger partial charge on any atom is 0.320 e. The van der Waals surface area contributed by atoms with E-state index < -0.39 is 12.0 Å². The van der Waals surface area contributed by atoms with Crippen molar-refractivity contribution < 1.29 is 9.90 Å². The Morgan fingerprint density at radius 2 is 2.25 bits per heavy atom. The van der Waals surface area contributed by atoms with Crippen LogP contribution >= 0.6 is 11.3 Å². The summed E-state index contributed by atoms with van der Waals surface area (Å²) in [4.78, 5) is 12.2. The van der Waals surface area contributed by atoms with Crippen molar-refractivity contribution in [1.29, 1.82) is 0 Å². The first-order valence-electron chi connectivity index (χ1n) is 5.50. The number of carboxylic acids is 1. The molecule has 1 unspecified atom stereocenters. The molecule has 1 atom stereocenters. The molecule has 0 aliphatic carbocycles. The highest BCUT2D eigenvalue weighted by Crippen LogP contribution is 2.15. The van der Waals surface area contributed by atoms with Gasteiger partial charge in [0, 0.05) is 11.4 Å². The van der Waals surface area contributed by atoms with Crippen LogP contribution in [0.4, 0.5) is 0 Å². The molecule has 90 valence electrons. The average molecular weight is 241 g/mol. The van der Waals surface area contributed by atoms with Crippen molar-refractivity contribution in [3.8, 4) is 0 Å². The molecule has 1 aromatic rings. The third-order valence-corrected chi connectivity index (χ3v) is 3.51.